The Morgan fingerprint density at radius 3 is 2.52 bits per heavy atom. The van der Waals surface area contributed by atoms with Gasteiger partial charge in [0.1, 0.15) is 4.99 Å². The second kappa shape index (κ2) is 6.98. The minimum atomic E-state index is -0.168. The maximum Gasteiger partial charge on any atom is 0.241 e. The topological polar surface area (TPSA) is 61.6 Å². The van der Waals surface area contributed by atoms with Gasteiger partial charge >= 0.3 is 0 Å². The molecule has 1 aromatic carbocycles. The average Bonchev–Trinajstić information content (AvgIpc) is 2.47. The Morgan fingerprint density at radius 1 is 1.29 bits per heavy atom. The van der Waals surface area contributed by atoms with Crippen molar-refractivity contribution in [3.8, 4) is 0 Å². The van der Waals surface area contributed by atoms with Crippen molar-refractivity contribution in [1.29, 1.82) is 0 Å². The number of hydrogen-bond acceptors (Lipinski definition) is 4. The molecule has 3 N–H and O–H groups in total. The quantitative estimate of drug-likeness (QED) is 0.809. The van der Waals surface area contributed by atoms with Crippen LogP contribution >= 0.6 is 12.2 Å². The number of rotatable bonds is 4. The molecule has 0 aromatic heterocycles. The molecular weight excluding hydrogens is 284 g/mol. The third-order valence-corrected chi connectivity index (χ3v) is 4.14. The lowest BCUT2D eigenvalue weighted by molar-refractivity contribution is -0.121. The predicted octanol–water partition coefficient (Wildman–Crippen LogP) is 0.895. The van der Waals surface area contributed by atoms with Crippen molar-refractivity contribution in [2.24, 2.45) is 5.73 Å². The molecule has 1 aromatic rings. The summed E-state index contributed by atoms with van der Waals surface area (Å²) in [6.45, 7) is 5.72. The van der Waals surface area contributed by atoms with Crippen LogP contribution in [0, 0.1) is 0 Å². The fourth-order valence-electron chi connectivity index (χ4n) is 2.42. The summed E-state index contributed by atoms with van der Waals surface area (Å²) in [5.74, 6) is -0.0248. The molecule has 0 saturated carbocycles. The number of nitrogens with one attached hydrogen (secondary N) is 1. The number of anilines is 1. The van der Waals surface area contributed by atoms with Crippen molar-refractivity contribution >= 4 is 28.8 Å². The van der Waals surface area contributed by atoms with Gasteiger partial charge in [0.05, 0.1) is 11.7 Å². The number of carbonyl (C=O) groups excluding carboxylic acids is 1. The Labute approximate surface area is 131 Å². The number of piperazine rings is 1. The molecule has 1 fully saturated rings. The van der Waals surface area contributed by atoms with Gasteiger partial charge in [0, 0.05) is 31.7 Å². The molecule has 1 heterocycles. The molecule has 114 valence electrons. The van der Waals surface area contributed by atoms with E-state index in [1.165, 1.54) is 0 Å². The van der Waals surface area contributed by atoms with Crippen molar-refractivity contribution in [1.82, 2.24) is 9.80 Å². The average molecular weight is 306 g/mol. The van der Waals surface area contributed by atoms with E-state index in [2.05, 4.69) is 22.2 Å². The number of thiocarbonyl (C=S) groups is 1. The van der Waals surface area contributed by atoms with Crippen molar-refractivity contribution in [3.05, 3.63) is 29.8 Å². The summed E-state index contributed by atoms with van der Waals surface area (Å²) in [5.41, 5.74) is 7.07. The minimum Gasteiger partial charge on any atom is -0.389 e. The Hall–Kier alpha value is -1.50. The zero-order valence-corrected chi connectivity index (χ0v) is 13.3. The molecule has 0 spiro atoms. The van der Waals surface area contributed by atoms with Crippen molar-refractivity contribution in [3.63, 3.8) is 0 Å². The molecular formula is C15H22N4OS. The van der Waals surface area contributed by atoms with E-state index < -0.39 is 0 Å². The van der Waals surface area contributed by atoms with E-state index in [-0.39, 0.29) is 16.9 Å². The second-order valence-electron chi connectivity index (χ2n) is 5.41. The van der Waals surface area contributed by atoms with Crippen LogP contribution in [0.1, 0.15) is 12.5 Å². The molecule has 1 unspecified atom stereocenters. The molecule has 0 bridgehead atoms. The number of para-hydroxylation sites is 1. The number of hydrogen-bond donors (Lipinski definition) is 2. The lowest BCUT2D eigenvalue weighted by atomic mass is 10.1. The standard InChI is InChI=1S/C15H22N4OS/c1-11(19-9-7-18(2)8-10-19)15(20)17-13-6-4-3-5-12(13)14(16)21/h3-6,11H,7-10H2,1-2H3,(H2,16,21)(H,17,20). The number of amides is 1. The van der Waals surface area contributed by atoms with Gasteiger partial charge in [-0.3, -0.25) is 9.69 Å². The molecule has 1 saturated heterocycles. The van der Waals surface area contributed by atoms with E-state index in [1.54, 1.807) is 0 Å². The van der Waals surface area contributed by atoms with E-state index in [4.69, 9.17) is 18.0 Å². The highest BCUT2D eigenvalue weighted by molar-refractivity contribution is 7.80. The number of carbonyl (C=O) groups is 1. The van der Waals surface area contributed by atoms with Gasteiger partial charge < -0.3 is 16.0 Å². The Bertz CT molecular complexity index is 526. The van der Waals surface area contributed by atoms with Crippen molar-refractivity contribution in [2.45, 2.75) is 13.0 Å². The number of nitrogens with zero attached hydrogens (tertiary/aromatic N) is 2. The first-order chi connectivity index (χ1) is 9.99. The normalized spacial score (nSPS) is 18.2. The van der Waals surface area contributed by atoms with Gasteiger partial charge in [0.15, 0.2) is 0 Å². The van der Waals surface area contributed by atoms with Gasteiger partial charge in [-0.1, -0.05) is 24.4 Å². The SMILES string of the molecule is CC(C(=O)Nc1ccccc1C(N)=S)N1CCN(C)CC1. The van der Waals surface area contributed by atoms with Gasteiger partial charge in [0.25, 0.3) is 0 Å². The smallest absolute Gasteiger partial charge is 0.241 e. The zero-order chi connectivity index (χ0) is 15.4. The first-order valence-corrected chi connectivity index (χ1v) is 7.52. The van der Waals surface area contributed by atoms with Gasteiger partial charge in [-0.05, 0) is 26.1 Å². The summed E-state index contributed by atoms with van der Waals surface area (Å²) >= 11 is 5.02. The monoisotopic (exact) mass is 306 g/mol. The van der Waals surface area contributed by atoms with Crippen LogP contribution in [-0.2, 0) is 4.79 Å². The molecule has 2 rings (SSSR count). The van der Waals surface area contributed by atoms with Gasteiger partial charge in [-0.15, -0.1) is 0 Å². The molecule has 1 aliphatic rings. The Kier molecular flexibility index (Phi) is 5.27. The summed E-state index contributed by atoms with van der Waals surface area (Å²) in [5, 5.41) is 2.94. The minimum absolute atomic E-state index is 0.0248. The van der Waals surface area contributed by atoms with E-state index in [1.807, 2.05) is 31.2 Å². The first kappa shape index (κ1) is 15.9. The summed E-state index contributed by atoms with van der Waals surface area (Å²) in [7, 11) is 2.10. The lowest BCUT2D eigenvalue weighted by Crippen LogP contribution is -2.51. The molecule has 0 aliphatic carbocycles. The number of benzene rings is 1. The van der Waals surface area contributed by atoms with Crippen LogP contribution in [0.2, 0.25) is 0 Å². The maximum absolute atomic E-state index is 12.4. The van der Waals surface area contributed by atoms with Crippen LogP contribution < -0.4 is 11.1 Å². The second-order valence-corrected chi connectivity index (χ2v) is 5.85. The van der Waals surface area contributed by atoms with Crippen LogP contribution in [0.25, 0.3) is 0 Å². The largest absolute Gasteiger partial charge is 0.389 e. The molecule has 5 nitrogen and oxygen atoms in total. The first-order valence-electron chi connectivity index (χ1n) is 7.11. The van der Waals surface area contributed by atoms with Gasteiger partial charge in [-0.25, -0.2) is 0 Å². The van der Waals surface area contributed by atoms with Crippen molar-refractivity contribution < 1.29 is 4.79 Å². The lowest BCUT2D eigenvalue weighted by Gasteiger charge is -2.35. The predicted molar refractivity (Wildman–Crippen MR) is 89.5 cm³/mol. The van der Waals surface area contributed by atoms with Gasteiger partial charge in [0.2, 0.25) is 5.91 Å². The Balaban J connectivity index is 2.03. The number of nitrogens with two attached hydrogens (primary N) is 1. The summed E-state index contributed by atoms with van der Waals surface area (Å²) in [6, 6.07) is 7.19. The van der Waals surface area contributed by atoms with Crippen LogP contribution in [0.5, 0.6) is 0 Å². The highest BCUT2D eigenvalue weighted by atomic mass is 32.1. The van der Waals surface area contributed by atoms with Crippen LogP contribution in [-0.4, -0.2) is 60.0 Å². The Morgan fingerprint density at radius 2 is 1.90 bits per heavy atom. The van der Waals surface area contributed by atoms with Crippen molar-refractivity contribution in [2.75, 3.05) is 38.5 Å². The van der Waals surface area contributed by atoms with E-state index >= 15 is 0 Å². The van der Waals surface area contributed by atoms with Crippen LogP contribution in [0.3, 0.4) is 0 Å². The maximum atomic E-state index is 12.4. The molecule has 1 atom stereocenters. The van der Waals surface area contributed by atoms with E-state index in [0.717, 1.165) is 26.2 Å². The van der Waals surface area contributed by atoms with Gasteiger partial charge in [-0.2, -0.15) is 0 Å². The highest BCUT2D eigenvalue weighted by Crippen LogP contribution is 2.16. The summed E-state index contributed by atoms with van der Waals surface area (Å²) in [4.78, 5) is 17.2. The number of likely N-dealkylation sites (N-methyl/N-ethyl adjacent to an activating group) is 1. The molecule has 21 heavy (non-hydrogen) atoms. The fraction of sp³-hybridized carbons (Fsp3) is 0.467. The molecule has 1 aliphatic heterocycles. The van der Waals surface area contributed by atoms with E-state index in [0.29, 0.717) is 11.3 Å². The third kappa shape index (κ3) is 4.00. The molecule has 0 radical (unpaired) electrons. The zero-order valence-electron chi connectivity index (χ0n) is 12.5. The third-order valence-electron chi connectivity index (χ3n) is 3.92. The van der Waals surface area contributed by atoms with E-state index in [9.17, 15) is 4.79 Å². The summed E-state index contributed by atoms with van der Waals surface area (Å²) < 4.78 is 0. The highest BCUT2D eigenvalue weighted by Gasteiger charge is 2.24. The van der Waals surface area contributed by atoms with Crippen LogP contribution in [0.15, 0.2) is 24.3 Å². The summed E-state index contributed by atoms with van der Waals surface area (Å²) in [6.07, 6.45) is 0. The van der Waals surface area contributed by atoms with Crippen LogP contribution in [0.4, 0.5) is 5.69 Å². The fourth-order valence-corrected chi connectivity index (χ4v) is 2.60. The molecule has 1 amide bonds. The molecule has 6 heteroatoms.